The number of nitrogens with zero attached hydrogens (tertiary/aromatic N) is 3. The average Bonchev–Trinajstić information content (AvgIpc) is 2.95. The van der Waals surface area contributed by atoms with E-state index in [-0.39, 0.29) is 0 Å². The van der Waals surface area contributed by atoms with E-state index < -0.39 is 0 Å². The van der Waals surface area contributed by atoms with Crippen LogP contribution >= 0.6 is 0 Å². The minimum atomic E-state index is 0.990. The van der Waals surface area contributed by atoms with Gasteiger partial charge in [0.05, 0.1) is 18.2 Å². The molecule has 0 fully saturated rings. The van der Waals surface area contributed by atoms with Crippen molar-refractivity contribution in [3.05, 3.63) is 48.7 Å². The Kier molecular flexibility index (Phi) is 3.70. The predicted molar refractivity (Wildman–Crippen MR) is 75.6 cm³/mol. The summed E-state index contributed by atoms with van der Waals surface area (Å²) in [5, 5.41) is 3.34. The van der Waals surface area contributed by atoms with Gasteiger partial charge >= 0.3 is 0 Å². The standard InChI is InChI=1S/C15H18N4/c1-6-16-7-2-13(1)5-10-19-12-18-11-15(19)14-3-8-17-9-4-14/h1,3-4,8-9,11-12,16H,2,5-7,10H2. The van der Waals surface area contributed by atoms with Gasteiger partial charge in [-0.25, -0.2) is 4.98 Å². The molecule has 2 aromatic heterocycles. The molecule has 0 unspecified atom stereocenters. The van der Waals surface area contributed by atoms with Crippen LogP contribution in [0.2, 0.25) is 0 Å². The van der Waals surface area contributed by atoms with Gasteiger partial charge in [-0.2, -0.15) is 0 Å². The second-order valence-corrected chi connectivity index (χ2v) is 4.77. The summed E-state index contributed by atoms with van der Waals surface area (Å²) < 4.78 is 2.22. The highest BCUT2D eigenvalue weighted by Crippen LogP contribution is 2.19. The molecule has 0 radical (unpaired) electrons. The zero-order chi connectivity index (χ0) is 12.9. The minimum Gasteiger partial charge on any atom is -0.330 e. The molecule has 3 heterocycles. The first-order valence-electron chi connectivity index (χ1n) is 6.72. The van der Waals surface area contributed by atoms with Crippen LogP contribution in [0.15, 0.2) is 48.7 Å². The van der Waals surface area contributed by atoms with Gasteiger partial charge in [-0.1, -0.05) is 11.6 Å². The Labute approximate surface area is 113 Å². The van der Waals surface area contributed by atoms with Gasteiger partial charge in [-0.05, 0) is 31.5 Å². The average molecular weight is 254 g/mol. The molecular formula is C15H18N4. The third kappa shape index (κ3) is 2.90. The van der Waals surface area contributed by atoms with Crippen molar-refractivity contribution in [1.82, 2.24) is 19.9 Å². The highest BCUT2D eigenvalue weighted by atomic mass is 15.0. The fourth-order valence-electron chi connectivity index (χ4n) is 2.42. The summed E-state index contributed by atoms with van der Waals surface area (Å²) in [6.45, 7) is 3.10. The van der Waals surface area contributed by atoms with Gasteiger partial charge in [0.25, 0.3) is 0 Å². The van der Waals surface area contributed by atoms with E-state index in [9.17, 15) is 0 Å². The summed E-state index contributed by atoms with van der Waals surface area (Å²) >= 11 is 0. The summed E-state index contributed by atoms with van der Waals surface area (Å²) in [5.41, 5.74) is 3.89. The maximum absolute atomic E-state index is 4.27. The fraction of sp³-hybridized carbons (Fsp3) is 0.333. The molecule has 4 nitrogen and oxygen atoms in total. The number of imidazole rings is 1. The Morgan fingerprint density at radius 1 is 1.21 bits per heavy atom. The molecule has 0 spiro atoms. The second kappa shape index (κ2) is 5.80. The van der Waals surface area contributed by atoms with Crippen molar-refractivity contribution in [1.29, 1.82) is 0 Å². The molecule has 4 heteroatoms. The highest BCUT2D eigenvalue weighted by molar-refractivity contribution is 5.57. The third-order valence-electron chi connectivity index (χ3n) is 3.52. The lowest BCUT2D eigenvalue weighted by atomic mass is 10.1. The van der Waals surface area contributed by atoms with Crippen molar-refractivity contribution in [2.45, 2.75) is 19.4 Å². The van der Waals surface area contributed by atoms with Crippen molar-refractivity contribution < 1.29 is 0 Å². The number of pyridine rings is 1. The number of hydrogen-bond donors (Lipinski definition) is 1. The predicted octanol–water partition coefficient (Wildman–Crippen LogP) is 2.25. The van der Waals surface area contributed by atoms with Crippen molar-refractivity contribution in [2.75, 3.05) is 13.1 Å². The molecule has 0 saturated heterocycles. The number of aryl methyl sites for hydroxylation is 1. The lowest BCUT2D eigenvalue weighted by Crippen LogP contribution is -2.21. The Morgan fingerprint density at radius 3 is 2.89 bits per heavy atom. The fourth-order valence-corrected chi connectivity index (χ4v) is 2.42. The molecule has 0 amide bonds. The molecule has 0 saturated carbocycles. The molecule has 1 aliphatic rings. The quantitative estimate of drug-likeness (QED) is 0.851. The SMILES string of the molecule is C1=C(CCn2cncc2-c2ccncc2)CCNC1. The van der Waals surface area contributed by atoms with Crippen LogP contribution in [0.4, 0.5) is 0 Å². The van der Waals surface area contributed by atoms with E-state index in [2.05, 4.69) is 25.9 Å². The first kappa shape index (κ1) is 12.1. The van der Waals surface area contributed by atoms with E-state index >= 15 is 0 Å². The van der Waals surface area contributed by atoms with Crippen LogP contribution < -0.4 is 5.32 Å². The van der Waals surface area contributed by atoms with Crippen LogP contribution in [0.25, 0.3) is 11.3 Å². The Bertz CT molecular complexity index is 557. The van der Waals surface area contributed by atoms with Gasteiger partial charge in [-0.15, -0.1) is 0 Å². The summed E-state index contributed by atoms with van der Waals surface area (Å²) in [6.07, 6.45) is 12.1. The van der Waals surface area contributed by atoms with E-state index in [0.717, 1.165) is 31.7 Å². The van der Waals surface area contributed by atoms with Gasteiger partial charge in [0, 0.05) is 31.0 Å². The maximum Gasteiger partial charge on any atom is 0.0951 e. The molecule has 98 valence electrons. The molecule has 0 aliphatic carbocycles. The van der Waals surface area contributed by atoms with Gasteiger partial charge in [0.2, 0.25) is 0 Å². The van der Waals surface area contributed by atoms with Gasteiger partial charge in [-0.3, -0.25) is 4.98 Å². The Hall–Kier alpha value is -1.94. The normalized spacial score (nSPS) is 15.3. The summed E-state index contributed by atoms with van der Waals surface area (Å²) in [6, 6.07) is 4.05. The molecule has 1 aliphatic heterocycles. The second-order valence-electron chi connectivity index (χ2n) is 4.77. The zero-order valence-corrected chi connectivity index (χ0v) is 10.9. The van der Waals surface area contributed by atoms with Crippen molar-refractivity contribution in [3.63, 3.8) is 0 Å². The number of hydrogen-bond acceptors (Lipinski definition) is 3. The van der Waals surface area contributed by atoms with Crippen molar-refractivity contribution in [3.8, 4) is 11.3 Å². The van der Waals surface area contributed by atoms with E-state index in [0.29, 0.717) is 0 Å². The molecule has 1 N–H and O–H groups in total. The topological polar surface area (TPSA) is 42.7 Å². The van der Waals surface area contributed by atoms with Gasteiger partial charge in [0.15, 0.2) is 0 Å². The smallest absolute Gasteiger partial charge is 0.0951 e. The third-order valence-corrected chi connectivity index (χ3v) is 3.52. The maximum atomic E-state index is 4.27. The zero-order valence-electron chi connectivity index (χ0n) is 10.9. The number of rotatable bonds is 4. The summed E-state index contributed by atoms with van der Waals surface area (Å²) in [7, 11) is 0. The minimum absolute atomic E-state index is 0.990. The highest BCUT2D eigenvalue weighted by Gasteiger charge is 2.07. The molecule has 19 heavy (non-hydrogen) atoms. The van der Waals surface area contributed by atoms with Crippen LogP contribution in [-0.4, -0.2) is 27.6 Å². The van der Waals surface area contributed by atoms with Crippen molar-refractivity contribution in [2.24, 2.45) is 0 Å². The monoisotopic (exact) mass is 254 g/mol. The molecule has 3 rings (SSSR count). The van der Waals surface area contributed by atoms with Crippen LogP contribution in [0.3, 0.4) is 0 Å². The lowest BCUT2D eigenvalue weighted by molar-refractivity contribution is 0.633. The van der Waals surface area contributed by atoms with Crippen LogP contribution in [0.1, 0.15) is 12.8 Å². The molecule has 0 atom stereocenters. The molecule has 0 aromatic carbocycles. The molecular weight excluding hydrogens is 236 g/mol. The first-order valence-corrected chi connectivity index (χ1v) is 6.72. The number of nitrogens with one attached hydrogen (secondary N) is 1. The van der Waals surface area contributed by atoms with E-state index in [4.69, 9.17) is 0 Å². The van der Waals surface area contributed by atoms with E-state index in [1.165, 1.54) is 12.0 Å². The van der Waals surface area contributed by atoms with E-state index in [1.807, 2.05) is 37.1 Å². The Morgan fingerprint density at radius 2 is 2.11 bits per heavy atom. The van der Waals surface area contributed by atoms with E-state index in [1.54, 1.807) is 5.57 Å². The van der Waals surface area contributed by atoms with Crippen molar-refractivity contribution >= 4 is 0 Å². The largest absolute Gasteiger partial charge is 0.330 e. The lowest BCUT2D eigenvalue weighted by Gasteiger charge is -2.15. The van der Waals surface area contributed by atoms with Crippen LogP contribution in [0.5, 0.6) is 0 Å². The van der Waals surface area contributed by atoms with Crippen LogP contribution in [0, 0.1) is 0 Å². The molecule has 2 aromatic rings. The van der Waals surface area contributed by atoms with Gasteiger partial charge in [0.1, 0.15) is 0 Å². The van der Waals surface area contributed by atoms with Gasteiger partial charge < -0.3 is 9.88 Å². The first-order chi connectivity index (χ1) is 9.43. The molecule has 0 bridgehead atoms. The van der Waals surface area contributed by atoms with Crippen LogP contribution in [-0.2, 0) is 6.54 Å². The number of aromatic nitrogens is 3. The Balaban J connectivity index is 1.72. The summed E-state index contributed by atoms with van der Waals surface area (Å²) in [5.74, 6) is 0. The summed E-state index contributed by atoms with van der Waals surface area (Å²) in [4.78, 5) is 8.33.